The van der Waals surface area contributed by atoms with Crippen LogP contribution in [0.4, 0.5) is 4.39 Å². The topological polar surface area (TPSA) is 37.3 Å². The van der Waals surface area contributed by atoms with Crippen LogP contribution in [0.2, 0.25) is 5.02 Å². The second kappa shape index (κ2) is 4.23. The summed E-state index contributed by atoms with van der Waals surface area (Å²) in [6.07, 6.45) is 0. The molecule has 0 bridgehead atoms. The molecular weight excluding hydrogens is 251 g/mol. The van der Waals surface area contributed by atoms with E-state index in [0.717, 1.165) is 0 Å². The molecule has 1 aromatic carbocycles. The largest absolute Gasteiger partial charge is 0.478 e. The molecule has 1 aromatic heterocycles. The average molecular weight is 257 g/mol. The lowest BCUT2D eigenvalue weighted by molar-refractivity contribution is 0.0697. The van der Waals surface area contributed by atoms with Gasteiger partial charge in [0.2, 0.25) is 0 Å². The van der Waals surface area contributed by atoms with Crippen LogP contribution in [-0.4, -0.2) is 11.1 Å². The van der Waals surface area contributed by atoms with Gasteiger partial charge in [0.25, 0.3) is 0 Å². The first kappa shape index (κ1) is 11.1. The van der Waals surface area contributed by atoms with Gasteiger partial charge in [-0.25, -0.2) is 9.18 Å². The van der Waals surface area contributed by atoms with E-state index < -0.39 is 11.8 Å². The highest BCUT2D eigenvalue weighted by Crippen LogP contribution is 2.29. The molecule has 0 aliphatic heterocycles. The van der Waals surface area contributed by atoms with Crippen molar-refractivity contribution in [3.05, 3.63) is 46.0 Å². The first-order valence-corrected chi connectivity index (χ1v) is 5.60. The standard InChI is InChI=1S/C11H6ClFO2S/c12-8-1-6(2-9(13)4-8)10-3-7(5-16-10)11(14)15/h1-5H,(H,14,15). The van der Waals surface area contributed by atoms with Gasteiger partial charge in [0.15, 0.2) is 0 Å². The molecule has 5 heteroatoms. The number of carboxylic acid groups (broad SMARTS) is 1. The van der Waals surface area contributed by atoms with Gasteiger partial charge in [-0.15, -0.1) is 11.3 Å². The lowest BCUT2D eigenvalue weighted by atomic mass is 10.1. The monoisotopic (exact) mass is 256 g/mol. The van der Waals surface area contributed by atoms with Crippen molar-refractivity contribution in [1.29, 1.82) is 0 Å². The average Bonchev–Trinajstić information content (AvgIpc) is 2.64. The Bertz CT molecular complexity index is 530. The van der Waals surface area contributed by atoms with Gasteiger partial charge in [0.1, 0.15) is 5.82 Å². The molecule has 2 nitrogen and oxygen atoms in total. The van der Waals surface area contributed by atoms with Gasteiger partial charge in [-0.2, -0.15) is 0 Å². The van der Waals surface area contributed by atoms with E-state index in [1.54, 1.807) is 6.07 Å². The zero-order valence-electron chi connectivity index (χ0n) is 7.91. The van der Waals surface area contributed by atoms with Gasteiger partial charge in [-0.1, -0.05) is 11.6 Å². The predicted octanol–water partition coefficient (Wildman–Crippen LogP) is 3.91. The molecule has 0 aliphatic rings. The van der Waals surface area contributed by atoms with E-state index in [4.69, 9.17) is 16.7 Å². The molecule has 0 radical (unpaired) electrons. The molecule has 0 spiro atoms. The number of halogens is 2. The Morgan fingerprint density at radius 1 is 1.31 bits per heavy atom. The third-order valence-electron chi connectivity index (χ3n) is 1.99. The third-order valence-corrected chi connectivity index (χ3v) is 3.19. The van der Waals surface area contributed by atoms with Gasteiger partial charge in [0.05, 0.1) is 5.56 Å². The smallest absolute Gasteiger partial charge is 0.336 e. The Morgan fingerprint density at radius 3 is 2.62 bits per heavy atom. The van der Waals surface area contributed by atoms with Crippen LogP contribution in [0.1, 0.15) is 10.4 Å². The lowest BCUT2D eigenvalue weighted by Crippen LogP contribution is -1.91. The molecule has 82 valence electrons. The summed E-state index contributed by atoms with van der Waals surface area (Å²) in [5, 5.41) is 10.6. The molecular formula is C11H6ClFO2S. The molecule has 0 fully saturated rings. The van der Waals surface area contributed by atoms with Gasteiger partial charge >= 0.3 is 5.97 Å². The number of benzene rings is 1. The molecule has 0 atom stereocenters. The van der Waals surface area contributed by atoms with Gasteiger partial charge in [-0.05, 0) is 29.8 Å². The molecule has 0 saturated heterocycles. The lowest BCUT2D eigenvalue weighted by Gasteiger charge is -1.98. The maximum absolute atomic E-state index is 13.1. The number of rotatable bonds is 2. The predicted molar refractivity (Wildman–Crippen MR) is 61.7 cm³/mol. The molecule has 1 N–H and O–H groups in total. The van der Waals surface area contributed by atoms with Gasteiger partial charge in [-0.3, -0.25) is 0 Å². The van der Waals surface area contributed by atoms with E-state index in [1.165, 1.54) is 34.9 Å². The number of hydrogen-bond acceptors (Lipinski definition) is 2. The van der Waals surface area contributed by atoms with Crippen molar-refractivity contribution in [2.75, 3.05) is 0 Å². The van der Waals surface area contributed by atoms with Crippen LogP contribution >= 0.6 is 22.9 Å². The van der Waals surface area contributed by atoms with Crippen molar-refractivity contribution in [3.8, 4) is 10.4 Å². The number of carboxylic acids is 1. The summed E-state index contributed by atoms with van der Waals surface area (Å²) >= 11 is 6.96. The van der Waals surface area contributed by atoms with Crippen molar-refractivity contribution >= 4 is 28.9 Å². The van der Waals surface area contributed by atoms with E-state index in [9.17, 15) is 9.18 Å². The Hall–Kier alpha value is -1.39. The maximum Gasteiger partial charge on any atom is 0.336 e. The molecule has 0 unspecified atom stereocenters. The summed E-state index contributed by atoms with van der Waals surface area (Å²) in [5.41, 5.74) is 0.780. The van der Waals surface area contributed by atoms with Crippen molar-refractivity contribution in [2.45, 2.75) is 0 Å². The first-order chi connectivity index (χ1) is 7.56. The van der Waals surface area contributed by atoms with E-state index >= 15 is 0 Å². The summed E-state index contributed by atoms with van der Waals surface area (Å²) in [7, 11) is 0. The molecule has 0 saturated carbocycles. The Morgan fingerprint density at radius 2 is 2.06 bits per heavy atom. The minimum atomic E-state index is -0.995. The normalized spacial score (nSPS) is 10.4. The SMILES string of the molecule is O=C(O)c1csc(-c2cc(F)cc(Cl)c2)c1. The van der Waals surface area contributed by atoms with E-state index in [1.807, 2.05) is 0 Å². The third kappa shape index (κ3) is 2.23. The van der Waals surface area contributed by atoms with E-state index in [-0.39, 0.29) is 5.56 Å². The minimum Gasteiger partial charge on any atom is -0.478 e. The molecule has 1 heterocycles. The van der Waals surface area contributed by atoms with Crippen LogP contribution in [0, 0.1) is 5.82 Å². The molecule has 2 aromatic rings. The molecule has 16 heavy (non-hydrogen) atoms. The van der Waals surface area contributed by atoms with Crippen LogP contribution in [0.25, 0.3) is 10.4 Å². The summed E-state index contributed by atoms with van der Waals surface area (Å²) in [4.78, 5) is 11.4. The highest BCUT2D eigenvalue weighted by atomic mass is 35.5. The molecule has 0 aliphatic carbocycles. The number of hydrogen-bond donors (Lipinski definition) is 1. The summed E-state index contributed by atoms with van der Waals surface area (Å²) in [6, 6.07) is 5.63. The summed E-state index contributed by atoms with van der Waals surface area (Å²) < 4.78 is 13.1. The number of aromatic carboxylic acids is 1. The number of thiophene rings is 1. The van der Waals surface area contributed by atoms with Crippen molar-refractivity contribution in [2.24, 2.45) is 0 Å². The second-order valence-electron chi connectivity index (χ2n) is 3.16. The van der Waals surface area contributed by atoms with Crippen LogP contribution in [0.5, 0.6) is 0 Å². The van der Waals surface area contributed by atoms with Crippen LogP contribution in [0.15, 0.2) is 29.6 Å². The Balaban J connectivity index is 2.46. The number of carbonyl (C=O) groups is 1. The van der Waals surface area contributed by atoms with Crippen molar-refractivity contribution in [3.63, 3.8) is 0 Å². The fourth-order valence-corrected chi connectivity index (χ4v) is 2.39. The zero-order valence-corrected chi connectivity index (χ0v) is 9.48. The van der Waals surface area contributed by atoms with E-state index in [0.29, 0.717) is 15.5 Å². The Labute approximate surface area is 99.9 Å². The first-order valence-electron chi connectivity index (χ1n) is 4.34. The zero-order chi connectivity index (χ0) is 11.7. The summed E-state index contributed by atoms with van der Waals surface area (Å²) in [5.74, 6) is -1.43. The van der Waals surface area contributed by atoms with Crippen LogP contribution < -0.4 is 0 Å². The fourth-order valence-electron chi connectivity index (χ4n) is 1.30. The minimum absolute atomic E-state index is 0.195. The van der Waals surface area contributed by atoms with Crippen molar-refractivity contribution < 1.29 is 14.3 Å². The maximum atomic E-state index is 13.1. The van der Waals surface area contributed by atoms with Crippen LogP contribution in [-0.2, 0) is 0 Å². The fraction of sp³-hybridized carbons (Fsp3) is 0. The van der Waals surface area contributed by atoms with E-state index in [2.05, 4.69) is 0 Å². The second-order valence-corrected chi connectivity index (χ2v) is 4.51. The quantitative estimate of drug-likeness (QED) is 0.885. The summed E-state index contributed by atoms with van der Waals surface area (Å²) in [6.45, 7) is 0. The highest BCUT2D eigenvalue weighted by Gasteiger charge is 2.09. The molecule has 2 rings (SSSR count). The molecule has 0 amide bonds. The van der Waals surface area contributed by atoms with Crippen LogP contribution in [0.3, 0.4) is 0 Å². The highest BCUT2D eigenvalue weighted by molar-refractivity contribution is 7.13. The Kier molecular flexibility index (Phi) is 2.94. The van der Waals surface area contributed by atoms with Crippen molar-refractivity contribution in [1.82, 2.24) is 0 Å². The van der Waals surface area contributed by atoms with Gasteiger partial charge < -0.3 is 5.11 Å². The van der Waals surface area contributed by atoms with Gasteiger partial charge in [0, 0.05) is 15.3 Å².